The molecular weight excluding hydrogens is 576 g/mol. The molecule has 45 heavy (non-hydrogen) atoms. The first kappa shape index (κ1) is 31.9. The quantitative estimate of drug-likeness (QED) is 0.189. The zero-order valence-corrected chi connectivity index (χ0v) is 26.5. The number of anilines is 2. The van der Waals surface area contributed by atoms with Crippen molar-refractivity contribution >= 4 is 40.1 Å². The number of esters is 1. The number of methoxy groups -OCH3 is 2. The van der Waals surface area contributed by atoms with Crippen LogP contribution in [-0.2, 0) is 9.53 Å². The molecule has 5 rings (SSSR count). The van der Waals surface area contributed by atoms with Gasteiger partial charge < -0.3 is 39.4 Å². The van der Waals surface area contributed by atoms with Crippen LogP contribution in [0.1, 0.15) is 54.4 Å². The molecule has 0 radical (unpaired) electrons. The Labute approximate surface area is 263 Å². The molecule has 1 saturated heterocycles. The monoisotopic (exact) mass is 618 g/mol. The van der Waals surface area contributed by atoms with Gasteiger partial charge in [-0.3, -0.25) is 4.79 Å². The van der Waals surface area contributed by atoms with Crippen molar-refractivity contribution in [2.75, 3.05) is 71.2 Å². The van der Waals surface area contributed by atoms with Gasteiger partial charge in [0.2, 0.25) is 5.91 Å². The number of nitrogens with two attached hydrogens (primary N) is 1. The molecule has 0 spiro atoms. The van der Waals surface area contributed by atoms with Crippen LogP contribution in [0.2, 0.25) is 0 Å². The Kier molecular flexibility index (Phi) is 9.97. The number of fused-ring (bicyclic) bond motifs is 3. The van der Waals surface area contributed by atoms with E-state index in [-0.39, 0.29) is 29.2 Å². The van der Waals surface area contributed by atoms with Crippen molar-refractivity contribution in [3.05, 3.63) is 53.6 Å². The number of hydrogen-bond acceptors (Lipinski definition) is 9. The molecule has 1 unspecified atom stereocenters. The van der Waals surface area contributed by atoms with Gasteiger partial charge in [0.15, 0.2) is 11.5 Å². The summed E-state index contributed by atoms with van der Waals surface area (Å²) in [4.78, 5) is 44.3. The fourth-order valence-corrected chi connectivity index (χ4v) is 6.03. The molecule has 0 aliphatic carbocycles. The number of likely N-dealkylation sites (N-methyl/N-ethyl adjacent to an activating group) is 1. The maximum Gasteiger partial charge on any atom is 0.415 e. The molecule has 0 saturated carbocycles. The molecule has 1 fully saturated rings. The lowest BCUT2D eigenvalue weighted by Gasteiger charge is -2.31. The van der Waals surface area contributed by atoms with E-state index in [4.69, 9.17) is 24.7 Å². The van der Waals surface area contributed by atoms with Crippen LogP contribution in [-0.4, -0.2) is 88.4 Å². The number of ether oxygens (including phenoxy) is 4. The van der Waals surface area contributed by atoms with E-state index < -0.39 is 5.97 Å². The molecule has 2 aliphatic heterocycles. The highest BCUT2D eigenvalue weighted by atomic mass is 16.6. The van der Waals surface area contributed by atoms with Crippen LogP contribution in [0.25, 0.3) is 10.8 Å². The third-order valence-electron chi connectivity index (χ3n) is 8.56. The van der Waals surface area contributed by atoms with Gasteiger partial charge in [-0.1, -0.05) is 31.2 Å². The van der Waals surface area contributed by atoms with E-state index in [0.29, 0.717) is 56.3 Å². The van der Waals surface area contributed by atoms with Crippen LogP contribution in [0.5, 0.6) is 17.2 Å². The lowest BCUT2D eigenvalue weighted by molar-refractivity contribution is -0.118. The van der Waals surface area contributed by atoms with Crippen LogP contribution in [0, 0.1) is 0 Å². The highest BCUT2D eigenvalue weighted by Crippen LogP contribution is 2.45. The number of amides is 2. The average molecular weight is 619 g/mol. The molecular formula is C34H42N4O7. The number of rotatable bonds is 10. The van der Waals surface area contributed by atoms with E-state index in [1.165, 1.54) is 20.3 Å². The number of benzene rings is 3. The van der Waals surface area contributed by atoms with Gasteiger partial charge in [-0.2, -0.15) is 0 Å². The highest BCUT2D eigenvalue weighted by molar-refractivity contribution is 6.04. The Balaban J connectivity index is 1.20. The second-order valence-corrected chi connectivity index (χ2v) is 11.7. The van der Waals surface area contributed by atoms with Crippen LogP contribution in [0.15, 0.2) is 42.5 Å². The number of piperazine rings is 1. The largest absolute Gasteiger partial charge is 0.493 e. The van der Waals surface area contributed by atoms with Gasteiger partial charge in [-0.15, -0.1) is 0 Å². The maximum absolute atomic E-state index is 13.5. The Morgan fingerprint density at radius 1 is 0.911 bits per heavy atom. The van der Waals surface area contributed by atoms with E-state index in [1.807, 2.05) is 42.3 Å². The predicted octanol–water partition coefficient (Wildman–Crippen LogP) is 5.05. The summed E-state index contributed by atoms with van der Waals surface area (Å²) in [5.74, 6) is 0.959. The minimum atomic E-state index is -0.548. The Morgan fingerprint density at radius 2 is 1.64 bits per heavy atom. The minimum Gasteiger partial charge on any atom is -0.493 e. The third-order valence-corrected chi connectivity index (χ3v) is 8.56. The van der Waals surface area contributed by atoms with Gasteiger partial charge in [0, 0.05) is 68.6 Å². The normalized spacial score (nSPS) is 16.4. The first-order chi connectivity index (χ1) is 21.7. The lowest BCUT2D eigenvalue weighted by atomic mass is 9.95. The molecule has 3 aromatic rings. The zero-order valence-electron chi connectivity index (χ0n) is 26.5. The lowest BCUT2D eigenvalue weighted by Crippen LogP contribution is -2.48. The van der Waals surface area contributed by atoms with Crippen LogP contribution >= 0.6 is 0 Å². The molecule has 11 heteroatoms. The molecule has 11 nitrogen and oxygen atoms in total. The van der Waals surface area contributed by atoms with E-state index in [2.05, 4.69) is 11.8 Å². The fourth-order valence-electron chi connectivity index (χ4n) is 6.03. The van der Waals surface area contributed by atoms with Gasteiger partial charge in [-0.25, -0.2) is 9.59 Å². The summed E-state index contributed by atoms with van der Waals surface area (Å²) >= 11 is 0. The third kappa shape index (κ3) is 6.93. The van der Waals surface area contributed by atoms with Crippen molar-refractivity contribution in [1.82, 2.24) is 9.80 Å². The molecule has 0 bridgehead atoms. The van der Waals surface area contributed by atoms with Crippen molar-refractivity contribution in [3.63, 3.8) is 0 Å². The first-order valence-electron chi connectivity index (χ1n) is 15.4. The van der Waals surface area contributed by atoms with Crippen LogP contribution in [0.3, 0.4) is 0 Å². The van der Waals surface area contributed by atoms with Crippen molar-refractivity contribution in [2.24, 2.45) is 0 Å². The van der Waals surface area contributed by atoms with Crippen molar-refractivity contribution in [1.29, 1.82) is 0 Å². The number of nitrogen functional groups attached to an aromatic ring is 1. The maximum atomic E-state index is 13.5. The number of carbonyl (C=O) groups excluding carboxylic acids is 3. The summed E-state index contributed by atoms with van der Waals surface area (Å²) in [7, 11) is 4.82. The Morgan fingerprint density at radius 3 is 2.36 bits per heavy atom. The minimum absolute atomic E-state index is 0.0426. The van der Waals surface area contributed by atoms with Crippen molar-refractivity contribution < 1.29 is 33.3 Å². The summed E-state index contributed by atoms with van der Waals surface area (Å²) in [5.41, 5.74) is 8.39. The van der Waals surface area contributed by atoms with Gasteiger partial charge in [0.05, 0.1) is 37.8 Å². The molecule has 2 heterocycles. The van der Waals surface area contributed by atoms with Crippen molar-refractivity contribution in [2.45, 2.75) is 38.5 Å². The summed E-state index contributed by atoms with van der Waals surface area (Å²) < 4.78 is 22.0. The number of hydrogen-bond donors (Lipinski definition) is 1. The van der Waals surface area contributed by atoms with Gasteiger partial charge in [-0.05, 0) is 37.3 Å². The van der Waals surface area contributed by atoms with Gasteiger partial charge in [0.1, 0.15) is 5.75 Å². The average Bonchev–Trinajstić information content (AvgIpc) is 3.38. The van der Waals surface area contributed by atoms with Crippen LogP contribution in [0.4, 0.5) is 16.2 Å². The molecule has 240 valence electrons. The Bertz CT molecular complexity index is 1570. The zero-order chi connectivity index (χ0) is 32.1. The SMILES string of the molecule is COC(=O)c1cc(OC)c(OCCCCCC(=O)N2CC(C)c3c2cc(OC(=O)N2CCN(C)CC2)c2ccccc32)cc1N. The molecule has 3 aromatic carbocycles. The highest BCUT2D eigenvalue weighted by Gasteiger charge is 2.33. The number of nitrogens with zero attached hydrogens (tertiary/aromatic N) is 3. The predicted molar refractivity (Wildman–Crippen MR) is 173 cm³/mol. The number of unbranched alkanes of at least 4 members (excludes halogenated alkanes) is 2. The molecule has 2 amide bonds. The topological polar surface area (TPSA) is 124 Å². The van der Waals surface area contributed by atoms with Crippen molar-refractivity contribution in [3.8, 4) is 17.2 Å². The second-order valence-electron chi connectivity index (χ2n) is 11.7. The summed E-state index contributed by atoms with van der Waals surface area (Å²) in [6.45, 7) is 5.96. The molecule has 2 N–H and O–H groups in total. The molecule has 0 aromatic heterocycles. The van der Waals surface area contributed by atoms with Gasteiger partial charge >= 0.3 is 12.1 Å². The van der Waals surface area contributed by atoms with E-state index in [0.717, 1.165) is 48.0 Å². The number of carbonyl (C=O) groups is 3. The van der Waals surface area contributed by atoms with E-state index in [9.17, 15) is 14.4 Å². The standard InChI is InChI=1S/C34H42N4O7/c1-22-21-38(31(39)12-6-5-9-17-44-30-19-26(35)25(33(40)43-4)18-29(30)42-3)27-20-28(23-10-7-8-11-24(23)32(22)27)45-34(41)37-15-13-36(2)14-16-37/h7-8,10-11,18-20,22H,5-6,9,12-17,21,35H2,1-4H3. The smallest absolute Gasteiger partial charge is 0.415 e. The first-order valence-corrected chi connectivity index (χ1v) is 15.4. The summed E-state index contributed by atoms with van der Waals surface area (Å²) in [5, 5.41) is 1.88. The summed E-state index contributed by atoms with van der Waals surface area (Å²) in [6, 6.07) is 12.9. The van der Waals surface area contributed by atoms with E-state index in [1.54, 1.807) is 11.0 Å². The molecule has 2 aliphatic rings. The fraction of sp³-hybridized carbons (Fsp3) is 0.441. The van der Waals surface area contributed by atoms with Crippen LogP contribution < -0.4 is 24.8 Å². The Hall–Kier alpha value is -4.51. The van der Waals surface area contributed by atoms with Gasteiger partial charge in [0.25, 0.3) is 0 Å². The summed E-state index contributed by atoms with van der Waals surface area (Å²) in [6.07, 6.45) is 2.23. The van der Waals surface area contributed by atoms with E-state index >= 15 is 0 Å². The molecule has 1 atom stereocenters. The second kappa shape index (κ2) is 14.1.